The van der Waals surface area contributed by atoms with Gasteiger partial charge in [0.15, 0.2) is 0 Å². The third-order valence-electron chi connectivity index (χ3n) is 3.25. The molecule has 1 aromatic rings. The normalized spacial score (nSPS) is 16.4. The fourth-order valence-electron chi connectivity index (χ4n) is 1.70. The van der Waals surface area contributed by atoms with E-state index < -0.39 is 0 Å². The van der Waals surface area contributed by atoms with Gasteiger partial charge >= 0.3 is 0 Å². The Morgan fingerprint density at radius 3 is 2.88 bits per heavy atom. The van der Waals surface area contributed by atoms with Crippen LogP contribution in [0.5, 0.6) is 5.75 Å². The smallest absolute Gasteiger partial charge is 0.251 e. The van der Waals surface area contributed by atoms with Gasteiger partial charge in [-0.05, 0) is 31.0 Å². The van der Waals surface area contributed by atoms with Crippen LogP contribution in [-0.4, -0.2) is 31.3 Å². The van der Waals surface area contributed by atoms with Crippen molar-refractivity contribution in [3.8, 4) is 5.75 Å². The van der Waals surface area contributed by atoms with Crippen molar-refractivity contribution in [2.45, 2.75) is 12.8 Å². The second kappa shape index (κ2) is 4.75. The van der Waals surface area contributed by atoms with Crippen LogP contribution < -0.4 is 10.1 Å². The molecule has 0 heterocycles. The monoisotopic (exact) mass is 235 g/mol. The number of hydrogen-bond donors (Lipinski definition) is 2. The van der Waals surface area contributed by atoms with E-state index in [0.29, 0.717) is 17.9 Å². The van der Waals surface area contributed by atoms with Gasteiger partial charge in [0.05, 0.1) is 13.7 Å². The third kappa shape index (κ3) is 2.77. The molecule has 0 bridgehead atoms. The lowest BCUT2D eigenvalue weighted by molar-refractivity contribution is 0.0935. The van der Waals surface area contributed by atoms with Crippen LogP contribution in [0.15, 0.2) is 24.3 Å². The minimum absolute atomic E-state index is 0.0610. The van der Waals surface area contributed by atoms with E-state index in [1.165, 1.54) is 0 Å². The molecule has 0 aliphatic heterocycles. The summed E-state index contributed by atoms with van der Waals surface area (Å²) in [6, 6.07) is 7.03. The van der Waals surface area contributed by atoms with Gasteiger partial charge in [0.25, 0.3) is 5.91 Å². The van der Waals surface area contributed by atoms with Crippen molar-refractivity contribution in [3.63, 3.8) is 0 Å². The largest absolute Gasteiger partial charge is 0.497 e. The number of benzene rings is 1. The molecule has 4 heteroatoms. The maximum atomic E-state index is 11.9. The summed E-state index contributed by atoms with van der Waals surface area (Å²) in [5.41, 5.74) is 0.521. The Hall–Kier alpha value is -1.55. The van der Waals surface area contributed by atoms with Crippen molar-refractivity contribution in [2.24, 2.45) is 5.41 Å². The van der Waals surface area contributed by atoms with Gasteiger partial charge in [0.1, 0.15) is 5.75 Å². The van der Waals surface area contributed by atoms with Crippen LogP contribution in [0.4, 0.5) is 0 Å². The van der Waals surface area contributed by atoms with Gasteiger partial charge < -0.3 is 15.2 Å². The summed E-state index contributed by atoms with van der Waals surface area (Å²) in [6.45, 7) is 0.685. The van der Waals surface area contributed by atoms with Crippen molar-refractivity contribution in [1.82, 2.24) is 5.32 Å². The summed E-state index contributed by atoms with van der Waals surface area (Å²) in [4.78, 5) is 11.9. The van der Waals surface area contributed by atoms with Crippen molar-refractivity contribution < 1.29 is 14.6 Å². The summed E-state index contributed by atoms with van der Waals surface area (Å²) >= 11 is 0. The van der Waals surface area contributed by atoms with E-state index in [1.54, 1.807) is 31.4 Å². The maximum Gasteiger partial charge on any atom is 0.251 e. The molecule has 0 atom stereocenters. The van der Waals surface area contributed by atoms with Crippen molar-refractivity contribution in [1.29, 1.82) is 0 Å². The molecule has 2 N–H and O–H groups in total. The molecule has 0 saturated heterocycles. The first-order valence-corrected chi connectivity index (χ1v) is 5.72. The van der Waals surface area contributed by atoms with Crippen LogP contribution in [-0.2, 0) is 0 Å². The Kier molecular flexibility index (Phi) is 3.33. The number of aliphatic hydroxyl groups is 1. The fourth-order valence-corrected chi connectivity index (χ4v) is 1.70. The van der Waals surface area contributed by atoms with Crippen LogP contribution >= 0.6 is 0 Å². The number of amides is 1. The van der Waals surface area contributed by atoms with Crippen LogP contribution in [0.25, 0.3) is 0 Å². The molecule has 1 amide bonds. The lowest BCUT2D eigenvalue weighted by Crippen LogP contribution is -2.31. The number of aliphatic hydroxyl groups excluding tert-OH is 1. The molecule has 2 rings (SSSR count). The molecule has 1 saturated carbocycles. The van der Waals surface area contributed by atoms with E-state index in [1.807, 2.05) is 0 Å². The Morgan fingerprint density at radius 2 is 2.29 bits per heavy atom. The third-order valence-corrected chi connectivity index (χ3v) is 3.25. The topological polar surface area (TPSA) is 58.6 Å². The molecule has 4 nitrogen and oxygen atoms in total. The summed E-state index contributed by atoms with van der Waals surface area (Å²) in [5, 5.41) is 12.0. The molecular weight excluding hydrogens is 218 g/mol. The van der Waals surface area contributed by atoms with Gasteiger partial charge in [-0.25, -0.2) is 0 Å². The molecule has 0 aromatic heterocycles. The highest BCUT2D eigenvalue weighted by atomic mass is 16.5. The number of nitrogens with one attached hydrogen (secondary N) is 1. The maximum absolute atomic E-state index is 11.9. The standard InChI is InChI=1S/C13H17NO3/c1-17-11-4-2-3-10(7-11)12(16)14-8-13(9-15)5-6-13/h2-4,7,15H,5-6,8-9H2,1H3,(H,14,16). The minimum Gasteiger partial charge on any atom is -0.497 e. The van der Waals surface area contributed by atoms with Gasteiger partial charge in [0.2, 0.25) is 0 Å². The first-order chi connectivity index (χ1) is 8.19. The van der Waals surface area contributed by atoms with Crippen molar-refractivity contribution >= 4 is 5.91 Å². The highest BCUT2D eigenvalue weighted by Gasteiger charge is 2.42. The van der Waals surface area contributed by atoms with E-state index in [0.717, 1.165) is 12.8 Å². The molecule has 17 heavy (non-hydrogen) atoms. The van der Waals surface area contributed by atoms with Crippen molar-refractivity contribution in [3.05, 3.63) is 29.8 Å². The minimum atomic E-state index is -0.122. The molecule has 0 unspecified atom stereocenters. The van der Waals surface area contributed by atoms with Gasteiger partial charge in [-0.3, -0.25) is 4.79 Å². The predicted molar refractivity (Wildman–Crippen MR) is 64.1 cm³/mol. The molecule has 1 aliphatic carbocycles. The molecule has 92 valence electrons. The number of carbonyl (C=O) groups is 1. The molecular formula is C13H17NO3. The SMILES string of the molecule is COc1cccc(C(=O)NCC2(CO)CC2)c1. The summed E-state index contributed by atoms with van der Waals surface area (Å²) in [5.74, 6) is 0.546. The van der Waals surface area contributed by atoms with Crippen LogP contribution in [0.1, 0.15) is 23.2 Å². The van der Waals surface area contributed by atoms with Gasteiger partial charge in [-0.2, -0.15) is 0 Å². The van der Waals surface area contributed by atoms with E-state index in [2.05, 4.69) is 5.32 Å². The van der Waals surface area contributed by atoms with Crippen LogP contribution in [0.3, 0.4) is 0 Å². The number of methoxy groups -OCH3 is 1. The second-order valence-corrected chi connectivity index (χ2v) is 4.57. The molecule has 1 fully saturated rings. The average molecular weight is 235 g/mol. The van der Waals surface area contributed by atoms with E-state index >= 15 is 0 Å². The Labute approximate surface area is 101 Å². The molecule has 0 radical (unpaired) electrons. The van der Waals surface area contributed by atoms with Gasteiger partial charge in [0, 0.05) is 17.5 Å². The Balaban J connectivity index is 1.95. The lowest BCUT2D eigenvalue weighted by Gasteiger charge is -2.12. The zero-order valence-corrected chi connectivity index (χ0v) is 9.90. The van der Waals surface area contributed by atoms with Crippen molar-refractivity contribution in [2.75, 3.05) is 20.3 Å². The number of hydrogen-bond acceptors (Lipinski definition) is 3. The van der Waals surface area contributed by atoms with Crippen LogP contribution in [0.2, 0.25) is 0 Å². The molecule has 1 aliphatic rings. The summed E-state index contributed by atoms with van der Waals surface area (Å²) < 4.78 is 5.06. The first-order valence-electron chi connectivity index (χ1n) is 5.72. The zero-order chi connectivity index (χ0) is 12.3. The van der Waals surface area contributed by atoms with Gasteiger partial charge in [-0.1, -0.05) is 6.07 Å². The fraction of sp³-hybridized carbons (Fsp3) is 0.462. The quantitative estimate of drug-likeness (QED) is 0.806. The van der Waals surface area contributed by atoms with Crippen LogP contribution in [0, 0.1) is 5.41 Å². The highest BCUT2D eigenvalue weighted by Crippen LogP contribution is 2.44. The Bertz CT molecular complexity index is 413. The molecule has 0 spiro atoms. The van der Waals surface area contributed by atoms with E-state index in [9.17, 15) is 4.79 Å². The molecule has 1 aromatic carbocycles. The van der Waals surface area contributed by atoms with Gasteiger partial charge in [-0.15, -0.1) is 0 Å². The number of ether oxygens (including phenoxy) is 1. The van der Waals surface area contributed by atoms with E-state index in [4.69, 9.17) is 9.84 Å². The number of carbonyl (C=O) groups excluding carboxylic acids is 1. The Morgan fingerprint density at radius 1 is 1.53 bits per heavy atom. The second-order valence-electron chi connectivity index (χ2n) is 4.57. The average Bonchev–Trinajstić information content (AvgIpc) is 3.17. The highest BCUT2D eigenvalue weighted by molar-refractivity contribution is 5.94. The first kappa shape index (κ1) is 11.9. The number of rotatable bonds is 5. The summed E-state index contributed by atoms with van der Waals surface area (Å²) in [6.07, 6.45) is 1.98. The zero-order valence-electron chi connectivity index (χ0n) is 9.90. The van der Waals surface area contributed by atoms with E-state index in [-0.39, 0.29) is 17.9 Å². The summed E-state index contributed by atoms with van der Waals surface area (Å²) in [7, 11) is 1.57. The predicted octanol–water partition coefficient (Wildman–Crippen LogP) is 1.20. The lowest BCUT2D eigenvalue weighted by atomic mass is 10.1.